The molecule has 0 saturated carbocycles. The van der Waals surface area contributed by atoms with Crippen LogP contribution in [0.3, 0.4) is 0 Å². The highest BCUT2D eigenvalue weighted by molar-refractivity contribution is 6.32. The Morgan fingerprint density at radius 1 is 1.23 bits per heavy atom. The number of hydrogen-bond acceptors (Lipinski definition) is 3. The van der Waals surface area contributed by atoms with E-state index in [9.17, 15) is 4.79 Å². The van der Waals surface area contributed by atoms with Crippen molar-refractivity contribution in [2.75, 3.05) is 31.1 Å². The van der Waals surface area contributed by atoms with Crippen molar-refractivity contribution in [2.24, 2.45) is 5.41 Å². The molecule has 1 heterocycles. The minimum Gasteiger partial charge on any atom is -0.370 e. The largest absolute Gasteiger partial charge is 0.370 e. The fraction of sp³-hybridized carbons (Fsp3) is 0.529. The Kier molecular flexibility index (Phi) is 4.97. The minimum atomic E-state index is -0.340. The first-order valence-electron chi connectivity index (χ1n) is 7.57. The fourth-order valence-corrected chi connectivity index (χ4v) is 2.86. The van der Waals surface area contributed by atoms with Crippen LogP contribution in [0.2, 0.25) is 5.02 Å². The summed E-state index contributed by atoms with van der Waals surface area (Å²) in [5.41, 5.74) is 1.16. The van der Waals surface area contributed by atoms with E-state index in [1.54, 1.807) is 6.07 Å². The molecule has 22 heavy (non-hydrogen) atoms. The van der Waals surface area contributed by atoms with E-state index in [0.717, 1.165) is 31.7 Å². The van der Waals surface area contributed by atoms with Crippen LogP contribution >= 0.6 is 11.6 Å². The van der Waals surface area contributed by atoms with Gasteiger partial charge in [-0.2, -0.15) is 5.26 Å². The molecule has 0 radical (unpaired) electrons. The molecule has 1 saturated heterocycles. The van der Waals surface area contributed by atoms with Crippen molar-refractivity contribution in [3.63, 3.8) is 0 Å². The maximum absolute atomic E-state index is 12.4. The number of benzene rings is 1. The van der Waals surface area contributed by atoms with Crippen LogP contribution in [0.1, 0.15) is 32.8 Å². The number of rotatable bonds is 1. The van der Waals surface area contributed by atoms with Gasteiger partial charge in [0.05, 0.1) is 10.6 Å². The first-order chi connectivity index (χ1) is 10.3. The van der Waals surface area contributed by atoms with Gasteiger partial charge in [0.2, 0.25) is 5.91 Å². The lowest BCUT2D eigenvalue weighted by atomic mass is 9.94. The van der Waals surface area contributed by atoms with Crippen molar-refractivity contribution in [1.29, 1.82) is 5.26 Å². The first kappa shape index (κ1) is 16.6. The molecule has 1 aliphatic rings. The Labute approximate surface area is 137 Å². The molecule has 0 aromatic heterocycles. The van der Waals surface area contributed by atoms with E-state index in [1.165, 1.54) is 0 Å². The van der Waals surface area contributed by atoms with Gasteiger partial charge in [-0.25, -0.2) is 0 Å². The number of nitriles is 1. The second kappa shape index (κ2) is 6.58. The number of halogens is 1. The number of amides is 1. The van der Waals surface area contributed by atoms with Gasteiger partial charge >= 0.3 is 0 Å². The maximum atomic E-state index is 12.4. The highest BCUT2D eigenvalue weighted by Gasteiger charge is 2.28. The molecule has 0 bridgehead atoms. The first-order valence-corrected chi connectivity index (χ1v) is 7.94. The summed E-state index contributed by atoms with van der Waals surface area (Å²) in [4.78, 5) is 16.6. The maximum Gasteiger partial charge on any atom is 0.228 e. The van der Waals surface area contributed by atoms with Crippen LogP contribution in [-0.4, -0.2) is 37.0 Å². The van der Waals surface area contributed by atoms with Crippen molar-refractivity contribution in [2.45, 2.75) is 27.2 Å². The van der Waals surface area contributed by atoms with Crippen LogP contribution in [0.5, 0.6) is 0 Å². The highest BCUT2D eigenvalue weighted by atomic mass is 35.5. The number of carbonyl (C=O) groups excluding carboxylic acids is 1. The zero-order valence-corrected chi connectivity index (χ0v) is 14.2. The predicted molar refractivity (Wildman–Crippen MR) is 89.0 cm³/mol. The molecule has 118 valence electrons. The van der Waals surface area contributed by atoms with Crippen molar-refractivity contribution in [1.82, 2.24) is 4.90 Å². The zero-order valence-electron chi connectivity index (χ0n) is 13.4. The molecule has 1 aromatic rings. The highest BCUT2D eigenvalue weighted by Crippen LogP contribution is 2.25. The van der Waals surface area contributed by atoms with Crippen LogP contribution < -0.4 is 4.90 Å². The molecule has 4 nitrogen and oxygen atoms in total. The molecular weight excluding hydrogens is 298 g/mol. The number of nitrogens with zero attached hydrogens (tertiary/aromatic N) is 3. The van der Waals surface area contributed by atoms with Gasteiger partial charge in [0, 0.05) is 37.3 Å². The van der Waals surface area contributed by atoms with Gasteiger partial charge in [-0.3, -0.25) is 4.79 Å². The van der Waals surface area contributed by atoms with Crippen LogP contribution in [-0.2, 0) is 4.79 Å². The van der Waals surface area contributed by atoms with E-state index < -0.39 is 0 Å². The van der Waals surface area contributed by atoms with Crippen molar-refractivity contribution < 1.29 is 4.79 Å². The third kappa shape index (κ3) is 3.72. The normalized spacial score (nSPS) is 16.1. The van der Waals surface area contributed by atoms with E-state index in [0.29, 0.717) is 17.1 Å². The molecule has 1 fully saturated rings. The third-order valence-corrected chi connectivity index (χ3v) is 4.18. The van der Waals surface area contributed by atoms with E-state index >= 15 is 0 Å². The molecule has 5 heteroatoms. The van der Waals surface area contributed by atoms with Crippen molar-refractivity contribution in [3.8, 4) is 6.07 Å². The van der Waals surface area contributed by atoms with E-state index in [4.69, 9.17) is 16.9 Å². The van der Waals surface area contributed by atoms with Gasteiger partial charge in [0.1, 0.15) is 6.07 Å². The molecule has 0 aliphatic carbocycles. The Morgan fingerprint density at radius 3 is 2.55 bits per heavy atom. The lowest BCUT2D eigenvalue weighted by Crippen LogP contribution is -2.41. The van der Waals surface area contributed by atoms with Crippen molar-refractivity contribution >= 4 is 23.2 Å². The summed E-state index contributed by atoms with van der Waals surface area (Å²) in [6.45, 7) is 9.04. The lowest BCUT2D eigenvalue weighted by Gasteiger charge is -2.28. The van der Waals surface area contributed by atoms with Crippen LogP contribution in [0, 0.1) is 16.7 Å². The second-order valence-electron chi connectivity index (χ2n) is 6.66. The Bertz CT molecular complexity index is 601. The molecule has 1 aliphatic heterocycles. The van der Waals surface area contributed by atoms with E-state index in [-0.39, 0.29) is 11.3 Å². The molecule has 0 spiro atoms. The quantitative estimate of drug-likeness (QED) is 0.798. The van der Waals surface area contributed by atoms with Gasteiger partial charge in [0.25, 0.3) is 0 Å². The Balaban J connectivity index is 2.09. The molecule has 0 unspecified atom stereocenters. The zero-order chi connectivity index (χ0) is 16.3. The minimum absolute atomic E-state index is 0.201. The van der Waals surface area contributed by atoms with Crippen molar-refractivity contribution in [3.05, 3.63) is 28.8 Å². The number of hydrogen-bond donors (Lipinski definition) is 0. The Hall–Kier alpha value is -1.73. The summed E-state index contributed by atoms with van der Waals surface area (Å²) in [5.74, 6) is 0.201. The van der Waals surface area contributed by atoms with Crippen LogP contribution in [0.4, 0.5) is 5.69 Å². The van der Waals surface area contributed by atoms with Gasteiger partial charge in [-0.15, -0.1) is 0 Å². The topological polar surface area (TPSA) is 47.3 Å². The molecular formula is C17H22ClN3O. The average Bonchev–Trinajstić information content (AvgIpc) is 2.71. The van der Waals surface area contributed by atoms with Gasteiger partial charge in [-0.05, 0) is 24.6 Å². The lowest BCUT2D eigenvalue weighted by molar-refractivity contribution is -0.139. The third-order valence-electron chi connectivity index (χ3n) is 3.86. The monoisotopic (exact) mass is 319 g/mol. The molecule has 1 aromatic carbocycles. The smallest absolute Gasteiger partial charge is 0.228 e. The van der Waals surface area contributed by atoms with Gasteiger partial charge in [-0.1, -0.05) is 32.4 Å². The molecule has 0 atom stereocenters. The summed E-state index contributed by atoms with van der Waals surface area (Å²) in [7, 11) is 0. The van der Waals surface area contributed by atoms with Gasteiger partial charge in [0.15, 0.2) is 0 Å². The van der Waals surface area contributed by atoms with Crippen LogP contribution in [0.25, 0.3) is 0 Å². The summed E-state index contributed by atoms with van der Waals surface area (Å²) in [6, 6.07) is 7.58. The summed E-state index contributed by atoms with van der Waals surface area (Å²) in [5, 5.41) is 9.42. The summed E-state index contributed by atoms with van der Waals surface area (Å²) in [6.07, 6.45) is 0.930. The number of anilines is 1. The Morgan fingerprint density at radius 2 is 1.95 bits per heavy atom. The molecule has 2 rings (SSSR count). The number of carbonyl (C=O) groups is 1. The van der Waals surface area contributed by atoms with E-state index in [2.05, 4.69) is 11.0 Å². The fourth-order valence-electron chi connectivity index (χ4n) is 2.64. The average molecular weight is 320 g/mol. The van der Waals surface area contributed by atoms with Gasteiger partial charge < -0.3 is 9.80 Å². The molecule has 0 N–H and O–H groups in total. The SMILES string of the molecule is CC(C)(C)C(=O)N1CCCN(c2ccc(C#N)c(Cl)c2)CC1. The molecule has 1 amide bonds. The predicted octanol–water partition coefficient (Wildman–Crippen LogP) is 3.30. The van der Waals surface area contributed by atoms with E-state index in [1.807, 2.05) is 37.8 Å². The standard InChI is InChI=1S/C17H22ClN3O/c1-17(2,3)16(22)21-8-4-7-20(9-10-21)14-6-5-13(12-19)15(18)11-14/h5-6,11H,4,7-10H2,1-3H3. The van der Waals surface area contributed by atoms with Crippen LogP contribution in [0.15, 0.2) is 18.2 Å². The summed E-state index contributed by atoms with van der Waals surface area (Å²) < 4.78 is 0. The summed E-state index contributed by atoms with van der Waals surface area (Å²) >= 11 is 6.11. The second-order valence-corrected chi connectivity index (χ2v) is 7.07.